The maximum atomic E-state index is 14.6. The van der Waals surface area contributed by atoms with Gasteiger partial charge in [0.05, 0.1) is 28.3 Å². The van der Waals surface area contributed by atoms with Crippen molar-refractivity contribution in [2.45, 2.75) is 49.7 Å². The Morgan fingerprint density at radius 3 is 2.64 bits per heavy atom. The number of amides is 2. The Hall–Kier alpha value is -3.80. The summed E-state index contributed by atoms with van der Waals surface area (Å²) in [5.74, 6) is -3.74. The number of carbonyl (C=O) groups excluding carboxylic acids is 2. The number of halogens is 4. The molecule has 4 aromatic rings. The van der Waals surface area contributed by atoms with Gasteiger partial charge in [-0.15, -0.1) is 0 Å². The van der Waals surface area contributed by atoms with E-state index in [9.17, 15) is 23.5 Å². The molecule has 228 valence electrons. The van der Waals surface area contributed by atoms with Crippen LogP contribution in [-0.4, -0.2) is 44.8 Å². The molecule has 0 spiro atoms. The summed E-state index contributed by atoms with van der Waals surface area (Å²) < 4.78 is 36.2. The predicted octanol–water partition coefficient (Wildman–Crippen LogP) is 5.18. The molecule has 0 radical (unpaired) electrons. The van der Waals surface area contributed by atoms with Gasteiger partial charge in [-0.2, -0.15) is 5.10 Å². The maximum Gasteiger partial charge on any atom is 0.251 e. The molecular formula is C31H27Cl2F2N5O4. The van der Waals surface area contributed by atoms with Crippen LogP contribution in [0.4, 0.5) is 8.78 Å². The SMILES string of the molecule is C[C@]1(C(N)=O)COc2c1cc(C(O)(CNC(=O)c1cc(Cl)c3nn(C4CC4)cc3c1)C1CC1)nc2-c1ccc(F)c(F)c1Cl. The molecule has 2 aliphatic carbocycles. The topological polar surface area (TPSA) is 132 Å². The van der Waals surface area contributed by atoms with Gasteiger partial charge in [0.25, 0.3) is 5.91 Å². The van der Waals surface area contributed by atoms with Gasteiger partial charge in [-0.05, 0) is 68.9 Å². The van der Waals surface area contributed by atoms with Gasteiger partial charge in [0.1, 0.15) is 34.6 Å². The van der Waals surface area contributed by atoms with E-state index < -0.39 is 39.5 Å². The van der Waals surface area contributed by atoms with Gasteiger partial charge < -0.3 is 20.9 Å². The van der Waals surface area contributed by atoms with Crippen LogP contribution in [0.2, 0.25) is 10.0 Å². The van der Waals surface area contributed by atoms with Crippen molar-refractivity contribution in [3.8, 4) is 17.0 Å². The lowest BCUT2D eigenvalue weighted by Gasteiger charge is -2.30. The molecular weight excluding hydrogens is 615 g/mol. The summed E-state index contributed by atoms with van der Waals surface area (Å²) >= 11 is 12.7. The minimum Gasteiger partial charge on any atom is -0.489 e. The summed E-state index contributed by atoms with van der Waals surface area (Å²) in [6, 6.07) is 7.27. The molecule has 2 aromatic heterocycles. The zero-order chi connectivity index (χ0) is 31.1. The first kappa shape index (κ1) is 28.9. The van der Waals surface area contributed by atoms with Crippen LogP contribution < -0.4 is 15.8 Å². The number of nitrogens with one attached hydrogen (secondary N) is 1. The zero-order valence-electron chi connectivity index (χ0n) is 23.5. The molecule has 13 heteroatoms. The second-order valence-corrected chi connectivity index (χ2v) is 12.8. The van der Waals surface area contributed by atoms with Crippen LogP contribution in [0, 0.1) is 17.6 Å². The van der Waals surface area contributed by atoms with E-state index in [4.69, 9.17) is 33.7 Å². The first-order valence-electron chi connectivity index (χ1n) is 14.2. The molecule has 1 unspecified atom stereocenters. The smallest absolute Gasteiger partial charge is 0.251 e. The van der Waals surface area contributed by atoms with Crippen LogP contribution in [-0.2, 0) is 15.8 Å². The number of rotatable bonds is 8. The standard InChI is InChI=1S/C31H27Cl2F2N5O4/c1-30(29(36)42)13-44-27-19(30)10-22(38-26(27)18-6-7-21(34)24(35)23(18)33)31(43,16-2-3-16)12-37-28(41)14-8-15-11-40(17-4-5-17)39-25(15)20(32)9-14/h6-11,16-17,43H,2-5,12-13H2,1H3,(H2,36,42)(H,37,41)/t30-,31?/m0/s1. The molecule has 2 amide bonds. The molecule has 2 fully saturated rings. The molecule has 2 aromatic carbocycles. The molecule has 3 heterocycles. The Balaban J connectivity index is 1.27. The normalized spacial score (nSPS) is 20.7. The number of aliphatic hydroxyl groups is 1. The van der Waals surface area contributed by atoms with E-state index >= 15 is 0 Å². The molecule has 9 nitrogen and oxygen atoms in total. The molecule has 2 atom stereocenters. The second-order valence-electron chi connectivity index (χ2n) is 12.1. The maximum absolute atomic E-state index is 14.6. The van der Waals surface area contributed by atoms with Crippen LogP contribution in [0.25, 0.3) is 22.2 Å². The Morgan fingerprint density at radius 2 is 1.95 bits per heavy atom. The van der Waals surface area contributed by atoms with Crippen LogP contribution in [0.3, 0.4) is 0 Å². The number of carbonyl (C=O) groups is 2. The molecule has 3 aliphatic rings. The van der Waals surface area contributed by atoms with Crippen molar-refractivity contribution >= 4 is 45.9 Å². The molecule has 1 aliphatic heterocycles. The van der Waals surface area contributed by atoms with Crippen molar-refractivity contribution in [2.75, 3.05) is 13.2 Å². The second kappa shape index (κ2) is 10.1. The highest BCUT2D eigenvalue weighted by Crippen LogP contribution is 2.51. The fourth-order valence-corrected chi connectivity index (χ4v) is 6.30. The monoisotopic (exact) mass is 641 g/mol. The lowest BCUT2D eigenvalue weighted by atomic mass is 9.81. The van der Waals surface area contributed by atoms with Gasteiger partial charge in [-0.25, -0.2) is 13.8 Å². The van der Waals surface area contributed by atoms with Gasteiger partial charge in [0, 0.05) is 28.3 Å². The number of nitrogens with zero attached hydrogens (tertiary/aromatic N) is 3. The molecule has 0 saturated heterocycles. The number of pyridine rings is 1. The van der Waals surface area contributed by atoms with Gasteiger partial charge in [0.2, 0.25) is 5.91 Å². The number of hydrogen-bond acceptors (Lipinski definition) is 6. The predicted molar refractivity (Wildman–Crippen MR) is 159 cm³/mol. The zero-order valence-corrected chi connectivity index (χ0v) is 25.0. The third-order valence-electron chi connectivity index (χ3n) is 8.88. The van der Waals surface area contributed by atoms with Crippen LogP contribution in [0.5, 0.6) is 5.75 Å². The summed E-state index contributed by atoms with van der Waals surface area (Å²) in [4.78, 5) is 30.6. The van der Waals surface area contributed by atoms with Crippen LogP contribution in [0.15, 0.2) is 36.5 Å². The Labute approximate surface area is 260 Å². The quantitative estimate of drug-likeness (QED) is 0.227. The van der Waals surface area contributed by atoms with E-state index in [0.29, 0.717) is 40.5 Å². The molecule has 7 rings (SSSR count). The fraction of sp³-hybridized carbons (Fsp3) is 0.355. The van der Waals surface area contributed by atoms with Gasteiger partial charge >= 0.3 is 0 Å². The third kappa shape index (κ3) is 4.60. The van der Waals surface area contributed by atoms with Gasteiger partial charge in [-0.3, -0.25) is 14.3 Å². The minimum absolute atomic E-state index is 0.00857. The van der Waals surface area contributed by atoms with E-state index in [-0.39, 0.29) is 41.8 Å². The molecule has 4 N–H and O–H groups in total. The highest BCUT2D eigenvalue weighted by molar-refractivity contribution is 6.35. The first-order valence-corrected chi connectivity index (χ1v) is 15.0. The largest absolute Gasteiger partial charge is 0.489 e. The number of primary amides is 1. The third-order valence-corrected chi connectivity index (χ3v) is 9.54. The van der Waals surface area contributed by atoms with E-state index in [1.165, 1.54) is 18.2 Å². The number of aromatic nitrogens is 3. The summed E-state index contributed by atoms with van der Waals surface area (Å²) in [7, 11) is 0. The lowest BCUT2D eigenvalue weighted by molar-refractivity contribution is -0.123. The average molecular weight is 642 g/mol. The van der Waals surface area contributed by atoms with Crippen molar-refractivity contribution in [3.63, 3.8) is 0 Å². The molecule has 2 saturated carbocycles. The summed E-state index contributed by atoms with van der Waals surface area (Å²) in [5, 5.41) is 20.0. The summed E-state index contributed by atoms with van der Waals surface area (Å²) in [6.45, 7) is 1.22. The van der Waals surface area contributed by atoms with Gasteiger partial charge in [-0.1, -0.05) is 23.2 Å². The highest BCUT2D eigenvalue weighted by Gasteiger charge is 2.50. The van der Waals surface area contributed by atoms with Crippen LogP contribution in [0.1, 0.15) is 60.3 Å². The summed E-state index contributed by atoms with van der Waals surface area (Å²) in [5.41, 5.74) is 4.11. The minimum atomic E-state index is -1.70. The Bertz CT molecular complexity index is 1890. The molecule has 0 bridgehead atoms. The highest BCUT2D eigenvalue weighted by atomic mass is 35.5. The number of hydrogen-bond donors (Lipinski definition) is 3. The lowest BCUT2D eigenvalue weighted by Crippen LogP contribution is -2.44. The molecule has 44 heavy (non-hydrogen) atoms. The Kier molecular flexibility index (Phi) is 6.65. The van der Waals surface area contributed by atoms with Crippen molar-refractivity contribution in [2.24, 2.45) is 11.7 Å². The van der Waals surface area contributed by atoms with E-state index in [1.807, 2.05) is 10.9 Å². The van der Waals surface area contributed by atoms with E-state index in [2.05, 4.69) is 15.4 Å². The first-order chi connectivity index (χ1) is 20.9. The van der Waals surface area contributed by atoms with E-state index in [1.54, 1.807) is 13.0 Å². The number of benzene rings is 2. The Morgan fingerprint density at radius 1 is 1.20 bits per heavy atom. The number of ether oxygens (including phenoxy) is 1. The van der Waals surface area contributed by atoms with Crippen molar-refractivity contribution in [1.82, 2.24) is 20.1 Å². The summed E-state index contributed by atoms with van der Waals surface area (Å²) in [6.07, 6.45) is 5.25. The fourth-order valence-electron chi connectivity index (χ4n) is 5.79. The number of fused-ring (bicyclic) bond motifs is 2. The van der Waals surface area contributed by atoms with Gasteiger partial charge in [0.15, 0.2) is 11.6 Å². The van der Waals surface area contributed by atoms with Crippen molar-refractivity contribution in [1.29, 1.82) is 0 Å². The van der Waals surface area contributed by atoms with Crippen molar-refractivity contribution < 1.29 is 28.2 Å². The number of nitrogens with two attached hydrogens (primary N) is 1. The van der Waals surface area contributed by atoms with Crippen LogP contribution >= 0.6 is 23.2 Å². The van der Waals surface area contributed by atoms with Crippen molar-refractivity contribution in [3.05, 3.63) is 75.0 Å². The average Bonchev–Trinajstić information content (AvgIpc) is 3.94. The van der Waals surface area contributed by atoms with E-state index in [0.717, 1.165) is 24.3 Å².